The van der Waals surface area contributed by atoms with Crippen molar-refractivity contribution >= 4 is 0 Å². The van der Waals surface area contributed by atoms with Crippen molar-refractivity contribution in [2.24, 2.45) is 0 Å². The molecule has 1 aliphatic rings. The number of nitrogens with one attached hydrogen (secondary N) is 2. The van der Waals surface area contributed by atoms with Crippen LogP contribution in [0.4, 0.5) is 26.3 Å². The molecular formula is C18H21F6N3O. The van der Waals surface area contributed by atoms with E-state index in [0.717, 1.165) is 24.3 Å². The van der Waals surface area contributed by atoms with Crippen molar-refractivity contribution in [3.05, 3.63) is 35.6 Å². The van der Waals surface area contributed by atoms with Gasteiger partial charge < -0.3 is 5.11 Å². The molecule has 10 heteroatoms. The van der Waals surface area contributed by atoms with Gasteiger partial charge in [0.25, 0.3) is 0 Å². The molecule has 0 bridgehead atoms. The Hall–Kier alpha value is -1.83. The van der Waals surface area contributed by atoms with Crippen molar-refractivity contribution in [2.75, 3.05) is 0 Å². The molecule has 1 aliphatic carbocycles. The molecule has 0 aliphatic heterocycles. The highest BCUT2D eigenvalue weighted by Gasteiger charge is 2.48. The van der Waals surface area contributed by atoms with Crippen LogP contribution in [0.1, 0.15) is 44.2 Å². The quantitative estimate of drug-likeness (QED) is 0.429. The van der Waals surface area contributed by atoms with E-state index in [4.69, 9.17) is 5.26 Å². The van der Waals surface area contributed by atoms with Gasteiger partial charge in [-0.25, -0.2) is 13.2 Å². The highest BCUT2D eigenvalue weighted by molar-refractivity contribution is 5.22. The van der Waals surface area contributed by atoms with Crippen LogP contribution < -0.4 is 10.6 Å². The number of nitrogens with zero attached hydrogens (tertiary/aromatic N) is 1. The average Bonchev–Trinajstić information content (AvgIpc) is 3.38. The van der Waals surface area contributed by atoms with Gasteiger partial charge in [0.1, 0.15) is 23.6 Å². The van der Waals surface area contributed by atoms with Crippen molar-refractivity contribution in [3.63, 3.8) is 0 Å². The Balaban J connectivity index is 2.28. The summed E-state index contributed by atoms with van der Waals surface area (Å²) in [7, 11) is 0. The SMILES string of the molecule is CCC(F)(F)C[C@H](N[C@@H](c1ccc(F)cc1)C(F)(F)F)C(O)NC1(C#N)CC1. The Morgan fingerprint density at radius 3 is 2.18 bits per heavy atom. The first kappa shape index (κ1) is 22.5. The van der Waals surface area contributed by atoms with Gasteiger partial charge in [-0.15, -0.1) is 0 Å². The molecule has 0 heterocycles. The molecule has 1 fully saturated rings. The molecule has 1 unspecified atom stereocenters. The van der Waals surface area contributed by atoms with Gasteiger partial charge in [0.2, 0.25) is 5.92 Å². The van der Waals surface area contributed by atoms with E-state index in [1.54, 1.807) is 0 Å². The number of hydrogen-bond acceptors (Lipinski definition) is 4. The van der Waals surface area contributed by atoms with Crippen LogP contribution in [0.3, 0.4) is 0 Å². The van der Waals surface area contributed by atoms with E-state index >= 15 is 0 Å². The smallest absolute Gasteiger partial charge is 0.377 e. The van der Waals surface area contributed by atoms with E-state index in [1.165, 1.54) is 6.92 Å². The van der Waals surface area contributed by atoms with Crippen LogP contribution in [0.25, 0.3) is 0 Å². The molecule has 0 spiro atoms. The summed E-state index contributed by atoms with van der Waals surface area (Å²) < 4.78 is 81.6. The number of benzene rings is 1. The summed E-state index contributed by atoms with van der Waals surface area (Å²) in [4.78, 5) is 0. The fourth-order valence-electron chi connectivity index (χ4n) is 2.77. The van der Waals surface area contributed by atoms with Gasteiger partial charge in [0.05, 0.1) is 12.1 Å². The van der Waals surface area contributed by atoms with Crippen LogP contribution in [-0.2, 0) is 0 Å². The van der Waals surface area contributed by atoms with Crippen LogP contribution in [0.5, 0.6) is 0 Å². The lowest BCUT2D eigenvalue weighted by Crippen LogP contribution is -2.56. The molecule has 1 aromatic carbocycles. The van der Waals surface area contributed by atoms with Gasteiger partial charge in [-0.3, -0.25) is 10.6 Å². The molecule has 1 aromatic rings. The summed E-state index contributed by atoms with van der Waals surface area (Å²) in [6.07, 6.45) is -7.69. The van der Waals surface area contributed by atoms with Crippen molar-refractivity contribution in [2.45, 2.75) is 68.6 Å². The van der Waals surface area contributed by atoms with Gasteiger partial charge in [-0.2, -0.15) is 18.4 Å². The molecular weight excluding hydrogens is 388 g/mol. The topological polar surface area (TPSA) is 68.1 Å². The molecule has 3 N–H and O–H groups in total. The predicted molar refractivity (Wildman–Crippen MR) is 88.7 cm³/mol. The van der Waals surface area contributed by atoms with Gasteiger partial charge in [-0.1, -0.05) is 19.1 Å². The maximum Gasteiger partial charge on any atom is 0.407 e. The third-order valence-electron chi connectivity index (χ3n) is 4.72. The predicted octanol–water partition coefficient (Wildman–Crippen LogP) is 3.79. The molecule has 4 nitrogen and oxygen atoms in total. The molecule has 28 heavy (non-hydrogen) atoms. The maximum atomic E-state index is 13.9. The van der Waals surface area contributed by atoms with Crippen molar-refractivity contribution in [1.29, 1.82) is 5.26 Å². The molecule has 0 radical (unpaired) electrons. The van der Waals surface area contributed by atoms with E-state index in [2.05, 4.69) is 5.32 Å². The largest absolute Gasteiger partial charge is 0.407 e. The number of aliphatic hydroxyl groups excluding tert-OH is 1. The average molecular weight is 409 g/mol. The van der Waals surface area contributed by atoms with Crippen molar-refractivity contribution in [1.82, 2.24) is 10.6 Å². The first-order valence-electron chi connectivity index (χ1n) is 8.74. The summed E-state index contributed by atoms with van der Waals surface area (Å²) in [5.41, 5.74) is -1.50. The van der Waals surface area contributed by atoms with Gasteiger partial charge in [-0.05, 0) is 30.5 Å². The van der Waals surface area contributed by atoms with Crippen LogP contribution in [-0.4, -0.2) is 35.0 Å². The monoisotopic (exact) mass is 409 g/mol. The van der Waals surface area contributed by atoms with Gasteiger partial charge in [0, 0.05) is 12.8 Å². The third kappa shape index (κ3) is 5.83. The number of aliphatic hydroxyl groups is 1. The normalized spacial score (nSPS) is 19.5. The lowest BCUT2D eigenvalue weighted by Gasteiger charge is -2.33. The maximum absolute atomic E-state index is 13.9. The lowest BCUT2D eigenvalue weighted by atomic mass is 10.00. The Bertz CT molecular complexity index is 697. The molecule has 2 rings (SSSR count). The van der Waals surface area contributed by atoms with E-state index in [0.29, 0.717) is 12.8 Å². The van der Waals surface area contributed by atoms with Crippen molar-refractivity contribution in [3.8, 4) is 6.07 Å². The summed E-state index contributed by atoms with van der Waals surface area (Å²) in [6.45, 7) is 1.18. The highest BCUT2D eigenvalue weighted by Crippen LogP contribution is 2.37. The zero-order valence-electron chi connectivity index (χ0n) is 15.0. The van der Waals surface area contributed by atoms with E-state index in [9.17, 15) is 31.4 Å². The standard InChI is InChI=1S/C18H21F6N3O/c1-2-17(20,21)9-13(15(28)27-16(10-25)7-8-16)26-14(18(22,23)24)11-3-5-12(19)6-4-11/h3-6,13-15,26-28H,2,7-9H2,1H3/t13-,14-,15?/m0/s1. The summed E-state index contributed by atoms with van der Waals surface area (Å²) in [5, 5.41) is 23.9. The number of halogens is 6. The molecule has 1 saturated carbocycles. The number of nitriles is 1. The van der Waals surface area contributed by atoms with Gasteiger partial charge >= 0.3 is 6.18 Å². The fourth-order valence-corrected chi connectivity index (χ4v) is 2.77. The minimum Gasteiger partial charge on any atom is -0.377 e. The van der Waals surface area contributed by atoms with Crippen LogP contribution in [0.15, 0.2) is 24.3 Å². The Morgan fingerprint density at radius 1 is 1.18 bits per heavy atom. The zero-order chi connectivity index (χ0) is 21.2. The minimum absolute atomic E-state index is 0.359. The highest BCUT2D eigenvalue weighted by atomic mass is 19.4. The Kier molecular flexibility index (Phi) is 6.63. The number of alkyl halides is 5. The minimum atomic E-state index is -4.89. The first-order chi connectivity index (χ1) is 12.9. The van der Waals surface area contributed by atoms with Crippen LogP contribution >= 0.6 is 0 Å². The van der Waals surface area contributed by atoms with E-state index < -0.39 is 54.6 Å². The lowest BCUT2D eigenvalue weighted by molar-refractivity contribution is -0.164. The Labute approximate surface area is 158 Å². The van der Waals surface area contributed by atoms with Crippen LogP contribution in [0, 0.1) is 17.1 Å². The molecule has 0 aromatic heterocycles. The second kappa shape index (κ2) is 8.27. The van der Waals surface area contributed by atoms with Gasteiger partial charge in [0.15, 0.2) is 0 Å². The molecule has 3 atom stereocenters. The third-order valence-corrected chi connectivity index (χ3v) is 4.72. The van der Waals surface area contributed by atoms with E-state index in [-0.39, 0.29) is 5.56 Å². The number of rotatable bonds is 9. The first-order valence-corrected chi connectivity index (χ1v) is 8.74. The van der Waals surface area contributed by atoms with E-state index in [1.807, 2.05) is 11.4 Å². The summed E-state index contributed by atoms with van der Waals surface area (Å²) >= 11 is 0. The second-order valence-electron chi connectivity index (χ2n) is 7.00. The number of hydrogen-bond donors (Lipinski definition) is 3. The zero-order valence-corrected chi connectivity index (χ0v) is 15.0. The fraction of sp³-hybridized carbons (Fsp3) is 0.611. The molecule has 0 amide bonds. The molecule has 0 saturated heterocycles. The molecule has 156 valence electrons. The van der Waals surface area contributed by atoms with Crippen molar-refractivity contribution < 1.29 is 31.4 Å². The summed E-state index contributed by atoms with van der Waals surface area (Å²) in [5.74, 6) is -4.08. The van der Waals surface area contributed by atoms with Crippen LogP contribution in [0.2, 0.25) is 0 Å². The summed E-state index contributed by atoms with van der Waals surface area (Å²) in [6, 6.07) is 1.22. The second-order valence-corrected chi connectivity index (χ2v) is 7.00. The Morgan fingerprint density at radius 2 is 1.75 bits per heavy atom.